The van der Waals surface area contributed by atoms with Crippen molar-refractivity contribution in [2.24, 2.45) is 5.29 Å². The summed E-state index contributed by atoms with van der Waals surface area (Å²) in [4.78, 5) is 50.6. The molecule has 0 bridgehead atoms. The number of hydrogen-bond acceptors (Lipinski definition) is 10. The minimum Gasteiger partial charge on any atom is -0.508 e. The molecular formula is C45H43FN6O8. The summed E-state index contributed by atoms with van der Waals surface area (Å²) in [5, 5.41) is 34.5. The number of nitro groups is 1. The first-order valence-corrected chi connectivity index (χ1v) is 18.5. The highest BCUT2D eigenvalue weighted by Gasteiger charge is 2.20. The maximum atomic E-state index is 12.9. The zero-order valence-electron chi connectivity index (χ0n) is 33.0. The van der Waals surface area contributed by atoms with E-state index in [9.17, 15) is 29.0 Å². The predicted molar refractivity (Wildman–Crippen MR) is 228 cm³/mol. The number of ether oxygens (including phenoxy) is 1. The molecule has 4 N–H and O–H groups in total. The number of carbonyl (C=O) groups is 2. The summed E-state index contributed by atoms with van der Waals surface area (Å²) in [5.74, 6) is 0.233. The number of non-ortho nitro benzene ring substituents is 1. The molecule has 1 heterocycles. The van der Waals surface area contributed by atoms with Crippen LogP contribution in [0.3, 0.4) is 0 Å². The average Bonchev–Trinajstić information content (AvgIpc) is 3.85. The number of nitrogens with zero attached hydrogens (tertiary/aromatic N) is 4. The molecule has 14 nitrogen and oxygen atoms in total. The number of aromatic hydroxyl groups is 2. The van der Waals surface area contributed by atoms with Crippen LogP contribution in [0.15, 0.2) is 151 Å². The summed E-state index contributed by atoms with van der Waals surface area (Å²) in [6.45, 7) is 5.20. The molecule has 1 aliphatic carbocycles. The number of benzene rings is 6. The van der Waals surface area contributed by atoms with Crippen molar-refractivity contribution in [1.29, 1.82) is 0 Å². The maximum Gasteiger partial charge on any atom is 0.413 e. The molecule has 0 atom stereocenters. The van der Waals surface area contributed by atoms with E-state index in [0.29, 0.717) is 46.7 Å². The molecule has 7 aromatic rings. The Morgan fingerprint density at radius 3 is 1.88 bits per heavy atom. The fourth-order valence-corrected chi connectivity index (χ4v) is 5.57. The van der Waals surface area contributed by atoms with Crippen LogP contribution in [0.1, 0.15) is 40.9 Å². The van der Waals surface area contributed by atoms with Crippen LogP contribution >= 0.6 is 0 Å². The highest BCUT2D eigenvalue weighted by molar-refractivity contribution is 6.10. The first-order valence-electron chi connectivity index (χ1n) is 18.5. The fourth-order valence-electron chi connectivity index (χ4n) is 5.57. The number of ketones is 1. The molecule has 1 aliphatic rings. The monoisotopic (exact) mass is 814 g/mol. The van der Waals surface area contributed by atoms with Gasteiger partial charge in [0.25, 0.3) is 5.69 Å². The van der Waals surface area contributed by atoms with Crippen LogP contribution in [0.2, 0.25) is 0 Å². The smallest absolute Gasteiger partial charge is 0.413 e. The number of nitrogens with one attached hydrogen (secondary N) is 2. The van der Waals surface area contributed by atoms with Crippen LogP contribution in [0.5, 0.6) is 11.5 Å². The third kappa shape index (κ3) is 13.3. The van der Waals surface area contributed by atoms with Gasteiger partial charge in [0, 0.05) is 36.3 Å². The lowest BCUT2D eigenvalue weighted by Crippen LogP contribution is -2.14. The standard InChI is InChI=1S/C16H12FN3O3.C13H9NO2.2C6H6O.C4H10N2O/c1-23-16(22)20-15-18-12-7-4-10(8-13(12)19-15)14(21)9-2-5-11(17)6-3-9;15-14(16)11-5-6-13-10(8-11)7-9-3-1-2-4-12(9)13;2*7-6-4-2-1-3-5-6;1-3-6(4-2)5-7/h2-8H,1H3,(H2,18,19,20,22);1-6,8H,7H2;2*1-5,7H;3-4H2,1-2H3. The zero-order chi connectivity index (χ0) is 43.4. The minimum absolute atomic E-state index is 0.173. The number of carbonyl (C=O) groups excluding carboxylic acids is 2. The lowest BCUT2D eigenvalue weighted by Gasteiger charge is -2.06. The van der Waals surface area contributed by atoms with Crippen molar-refractivity contribution in [3.63, 3.8) is 0 Å². The predicted octanol–water partition coefficient (Wildman–Crippen LogP) is 10.1. The number of para-hydroxylation sites is 2. The number of halogens is 1. The average molecular weight is 815 g/mol. The van der Waals surface area contributed by atoms with Crippen molar-refractivity contribution in [2.45, 2.75) is 20.3 Å². The summed E-state index contributed by atoms with van der Waals surface area (Å²) in [5.41, 5.74) is 6.79. The zero-order valence-corrected chi connectivity index (χ0v) is 33.0. The summed E-state index contributed by atoms with van der Waals surface area (Å²) >= 11 is 0. The molecule has 0 saturated carbocycles. The molecule has 0 spiro atoms. The van der Waals surface area contributed by atoms with E-state index in [1.54, 1.807) is 78.9 Å². The number of imidazole rings is 1. The Morgan fingerprint density at radius 2 is 1.37 bits per heavy atom. The number of methoxy groups -OCH3 is 1. The van der Waals surface area contributed by atoms with E-state index in [1.807, 2.05) is 44.2 Å². The molecule has 308 valence electrons. The summed E-state index contributed by atoms with van der Waals surface area (Å²) in [7, 11) is 1.25. The van der Waals surface area contributed by atoms with Crippen LogP contribution in [-0.2, 0) is 11.2 Å². The highest BCUT2D eigenvalue weighted by Crippen LogP contribution is 2.37. The van der Waals surface area contributed by atoms with Gasteiger partial charge >= 0.3 is 6.09 Å². The molecule has 60 heavy (non-hydrogen) atoms. The number of phenolic OH excluding ortho intramolecular Hbond substituents is 2. The Morgan fingerprint density at radius 1 is 0.800 bits per heavy atom. The van der Waals surface area contributed by atoms with Crippen LogP contribution in [0.4, 0.5) is 20.8 Å². The van der Waals surface area contributed by atoms with Crippen LogP contribution in [0, 0.1) is 20.8 Å². The fraction of sp³-hybridized carbons (Fsp3) is 0.133. The number of amides is 1. The number of aromatic amines is 1. The Bertz CT molecular complexity index is 2440. The van der Waals surface area contributed by atoms with Crippen molar-refractivity contribution in [3.8, 4) is 22.6 Å². The minimum atomic E-state index is -0.647. The van der Waals surface area contributed by atoms with Crippen molar-refractivity contribution in [3.05, 3.63) is 189 Å². The van der Waals surface area contributed by atoms with Gasteiger partial charge < -0.3 is 19.9 Å². The normalized spacial score (nSPS) is 10.2. The SMILES string of the molecule is CCN(CC)N=O.COC(=O)Nc1nc2ccc(C(=O)c3ccc(F)cc3)cc2[nH]1.O=[N+]([O-])c1ccc2c(c1)Cc1ccccc1-2.Oc1ccccc1.Oc1ccccc1. The van der Waals surface area contributed by atoms with Gasteiger partial charge in [-0.15, -0.1) is 4.91 Å². The number of rotatable bonds is 7. The molecule has 8 rings (SSSR count). The Hall–Kier alpha value is -7.94. The molecule has 6 aromatic carbocycles. The largest absolute Gasteiger partial charge is 0.508 e. The van der Waals surface area contributed by atoms with E-state index in [4.69, 9.17) is 10.2 Å². The van der Waals surface area contributed by atoms with E-state index in [-0.39, 0.29) is 22.3 Å². The third-order valence-corrected chi connectivity index (χ3v) is 8.60. The number of anilines is 1. The summed E-state index contributed by atoms with van der Waals surface area (Å²) in [6.07, 6.45) is 0.152. The van der Waals surface area contributed by atoms with Crippen LogP contribution in [-0.4, -0.2) is 62.2 Å². The van der Waals surface area contributed by atoms with Crippen LogP contribution in [0.25, 0.3) is 22.2 Å². The van der Waals surface area contributed by atoms with Gasteiger partial charge in [-0.3, -0.25) is 25.2 Å². The molecule has 0 unspecified atom stereocenters. The van der Waals surface area contributed by atoms with E-state index < -0.39 is 11.9 Å². The summed E-state index contributed by atoms with van der Waals surface area (Å²) < 4.78 is 17.4. The molecule has 0 fully saturated rings. The topological polar surface area (TPSA) is 200 Å². The van der Waals surface area contributed by atoms with E-state index in [0.717, 1.165) is 17.5 Å². The van der Waals surface area contributed by atoms with Crippen molar-refractivity contribution in [2.75, 3.05) is 25.5 Å². The Balaban J connectivity index is 0.000000184. The van der Waals surface area contributed by atoms with Crippen LogP contribution < -0.4 is 5.32 Å². The number of hydrogen-bond donors (Lipinski definition) is 4. The summed E-state index contributed by atoms with van der Waals surface area (Å²) in [6, 6.07) is 40.9. The molecule has 15 heteroatoms. The number of nitro benzene ring substituents is 1. The first kappa shape index (κ1) is 44.8. The molecule has 0 aliphatic heterocycles. The maximum absolute atomic E-state index is 12.9. The van der Waals surface area contributed by atoms with E-state index >= 15 is 0 Å². The van der Waals surface area contributed by atoms with E-state index in [2.05, 4.69) is 37.4 Å². The van der Waals surface area contributed by atoms with Crippen molar-refractivity contribution >= 4 is 34.5 Å². The molecule has 0 radical (unpaired) electrons. The molecule has 1 aromatic heterocycles. The van der Waals surface area contributed by atoms with Gasteiger partial charge in [0.2, 0.25) is 5.95 Å². The number of nitroso groups, excluding NO2 is 1. The molecule has 0 saturated heterocycles. The van der Waals surface area contributed by atoms with Gasteiger partial charge in [0.05, 0.1) is 28.4 Å². The second-order valence-electron chi connectivity index (χ2n) is 12.6. The number of aromatic nitrogens is 2. The lowest BCUT2D eigenvalue weighted by atomic mass is 10.0. The van der Waals surface area contributed by atoms with Crippen molar-refractivity contribution < 1.29 is 33.9 Å². The Labute approximate surface area is 345 Å². The lowest BCUT2D eigenvalue weighted by molar-refractivity contribution is -0.384. The number of H-pyrrole nitrogens is 1. The van der Waals surface area contributed by atoms with Gasteiger partial charge in [0.15, 0.2) is 5.78 Å². The molecular weight excluding hydrogens is 772 g/mol. The Kier molecular flexibility index (Phi) is 16.9. The van der Waals surface area contributed by atoms with Gasteiger partial charge in [-0.1, -0.05) is 60.7 Å². The first-order chi connectivity index (χ1) is 29.0. The number of fused-ring (bicyclic) bond motifs is 4. The van der Waals surface area contributed by atoms with Gasteiger partial charge in [-0.25, -0.2) is 14.2 Å². The van der Waals surface area contributed by atoms with Gasteiger partial charge in [-0.2, -0.15) is 0 Å². The van der Waals surface area contributed by atoms with Gasteiger partial charge in [-0.05, 0) is 115 Å². The second-order valence-corrected chi connectivity index (χ2v) is 12.6. The second kappa shape index (κ2) is 22.7. The third-order valence-electron chi connectivity index (χ3n) is 8.60. The number of phenols is 2. The van der Waals surface area contributed by atoms with Gasteiger partial charge in [0.1, 0.15) is 17.3 Å². The molecule has 1 amide bonds. The quantitative estimate of drug-likeness (QED) is 0.0519. The van der Waals surface area contributed by atoms with Crippen molar-refractivity contribution in [1.82, 2.24) is 15.0 Å². The highest BCUT2D eigenvalue weighted by atomic mass is 19.1. The van der Waals surface area contributed by atoms with E-state index in [1.165, 1.54) is 47.5 Å².